The fourth-order valence-corrected chi connectivity index (χ4v) is 1.78. The summed E-state index contributed by atoms with van der Waals surface area (Å²) in [5.41, 5.74) is 0.910. The van der Waals surface area contributed by atoms with Crippen LogP contribution in [0.2, 0.25) is 0 Å². The van der Waals surface area contributed by atoms with Gasteiger partial charge in [0.05, 0.1) is 6.07 Å². The lowest BCUT2D eigenvalue weighted by molar-refractivity contribution is 0.0897. The molecule has 19 heavy (non-hydrogen) atoms. The van der Waals surface area contributed by atoms with Crippen molar-refractivity contribution in [1.82, 2.24) is 5.32 Å². The summed E-state index contributed by atoms with van der Waals surface area (Å²) >= 11 is 0. The number of nitrogens with one attached hydrogen (secondary N) is 1. The molecule has 0 aliphatic rings. The minimum atomic E-state index is -0.869. The van der Waals surface area contributed by atoms with Crippen LogP contribution in [0.4, 0.5) is 0 Å². The van der Waals surface area contributed by atoms with Crippen LogP contribution in [-0.2, 0) is 0 Å². The summed E-state index contributed by atoms with van der Waals surface area (Å²) in [6, 6.07) is 9.52. The van der Waals surface area contributed by atoms with Crippen LogP contribution in [0.1, 0.15) is 36.4 Å². The van der Waals surface area contributed by atoms with Gasteiger partial charge in [-0.05, 0) is 38.5 Å². The maximum Gasteiger partial charge on any atom is 0.288 e. The van der Waals surface area contributed by atoms with E-state index in [0.717, 1.165) is 10.9 Å². The SMILES string of the molecule is CCC(C)(C#N)NC(=O)c1cc2cc(C)ccc2o1. The molecule has 0 aliphatic carbocycles. The molecule has 4 nitrogen and oxygen atoms in total. The zero-order chi connectivity index (χ0) is 14.0. The molecule has 0 bridgehead atoms. The molecule has 1 atom stereocenters. The van der Waals surface area contributed by atoms with E-state index in [1.165, 1.54) is 0 Å². The van der Waals surface area contributed by atoms with Gasteiger partial charge in [0.2, 0.25) is 0 Å². The second-order valence-corrected chi connectivity index (χ2v) is 4.90. The van der Waals surface area contributed by atoms with E-state index < -0.39 is 5.54 Å². The van der Waals surface area contributed by atoms with E-state index in [9.17, 15) is 4.79 Å². The second kappa shape index (κ2) is 4.77. The van der Waals surface area contributed by atoms with Gasteiger partial charge in [0.15, 0.2) is 5.76 Å². The fraction of sp³-hybridized carbons (Fsp3) is 0.333. The summed E-state index contributed by atoms with van der Waals surface area (Å²) in [4.78, 5) is 12.1. The van der Waals surface area contributed by atoms with Crippen molar-refractivity contribution in [3.8, 4) is 6.07 Å². The van der Waals surface area contributed by atoms with Gasteiger partial charge >= 0.3 is 0 Å². The number of hydrogen-bond donors (Lipinski definition) is 1. The number of aryl methyl sites for hydroxylation is 1. The average Bonchev–Trinajstić information content (AvgIpc) is 2.81. The molecular formula is C15H16N2O2. The first kappa shape index (κ1) is 13.2. The minimum Gasteiger partial charge on any atom is -0.451 e. The van der Waals surface area contributed by atoms with Gasteiger partial charge in [-0.25, -0.2) is 0 Å². The normalized spacial score (nSPS) is 13.8. The largest absolute Gasteiger partial charge is 0.451 e. The van der Waals surface area contributed by atoms with E-state index in [1.807, 2.05) is 32.0 Å². The number of nitriles is 1. The molecule has 1 aromatic heterocycles. The second-order valence-electron chi connectivity index (χ2n) is 4.90. The zero-order valence-corrected chi connectivity index (χ0v) is 11.3. The molecule has 0 spiro atoms. The van der Waals surface area contributed by atoms with Crippen LogP contribution in [0.3, 0.4) is 0 Å². The molecular weight excluding hydrogens is 240 g/mol. The highest BCUT2D eigenvalue weighted by atomic mass is 16.3. The van der Waals surface area contributed by atoms with Crippen molar-refractivity contribution in [3.05, 3.63) is 35.6 Å². The number of hydrogen-bond acceptors (Lipinski definition) is 3. The lowest BCUT2D eigenvalue weighted by Gasteiger charge is -2.20. The third kappa shape index (κ3) is 2.60. The number of carbonyl (C=O) groups is 1. The third-order valence-electron chi connectivity index (χ3n) is 3.24. The molecule has 0 saturated carbocycles. The first-order valence-electron chi connectivity index (χ1n) is 6.21. The molecule has 2 aromatic rings. The highest BCUT2D eigenvalue weighted by Crippen LogP contribution is 2.21. The molecule has 1 amide bonds. The number of amides is 1. The summed E-state index contributed by atoms with van der Waals surface area (Å²) in [6.45, 7) is 5.53. The van der Waals surface area contributed by atoms with Crippen molar-refractivity contribution >= 4 is 16.9 Å². The Bertz CT molecular complexity index is 666. The predicted molar refractivity (Wildman–Crippen MR) is 72.7 cm³/mol. The highest BCUT2D eigenvalue weighted by Gasteiger charge is 2.25. The number of carbonyl (C=O) groups excluding carboxylic acids is 1. The van der Waals surface area contributed by atoms with Crippen LogP contribution in [0.5, 0.6) is 0 Å². The van der Waals surface area contributed by atoms with Gasteiger partial charge < -0.3 is 9.73 Å². The van der Waals surface area contributed by atoms with Gasteiger partial charge in [0.25, 0.3) is 5.91 Å². The summed E-state index contributed by atoms with van der Waals surface area (Å²) in [6.07, 6.45) is 0.536. The number of nitrogens with zero attached hydrogens (tertiary/aromatic N) is 1. The summed E-state index contributed by atoms with van der Waals surface area (Å²) in [5.74, 6) is -0.129. The average molecular weight is 256 g/mol. The van der Waals surface area contributed by atoms with Crippen LogP contribution in [0, 0.1) is 18.3 Å². The van der Waals surface area contributed by atoms with Crippen molar-refractivity contribution in [2.45, 2.75) is 32.7 Å². The minimum absolute atomic E-state index is 0.232. The maximum atomic E-state index is 12.1. The summed E-state index contributed by atoms with van der Waals surface area (Å²) in [5, 5.41) is 12.6. The van der Waals surface area contributed by atoms with Gasteiger partial charge in [-0.3, -0.25) is 4.79 Å². The van der Waals surface area contributed by atoms with E-state index in [2.05, 4.69) is 11.4 Å². The quantitative estimate of drug-likeness (QED) is 0.917. The highest BCUT2D eigenvalue weighted by molar-refractivity contribution is 5.96. The molecule has 1 aromatic carbocycles. The lowest BCUT2D eigenvalue weighted by atomic mass is 10.0. The summed E-state index contributed by atoms with van der Waals surface area (Å²) in [7, 11) is 0. The molecule has 0 radical (unpaired) electrons. The van der Waals surface area contributed by atoms with E-state index in [-0.39, 0.29) is 11.7 Å². The Balaban J connectivity index is 2.30. The number of rotatable bonds is 3. The first-order valence-corrected chi connectivity index (χ1v) is 6.21. The number of fused-ring (bicyclic) bond motifs is 1. The van der Waals surface area contributed by atoms with Crippen LogP contribution < -0.4 is 5.32 Å². The van der Waals surface area contributed by atoms with Crippen LogP contribution in [-0.4, -0.2) is 11.4 Å². The molecule has 1 N–H and O–H groups in total. The van der Waals surface area contributed by atoms with Crippen molar-refractivity contribution < 1.29 is 9.21 Å². The van der Waals surface area contributed by atoms with Crippen LogP contribution in [0.15, 0.2) is 28.7 Å². The lowest BCUT2D eigenvalue weighted by Crippen LogP contribution is -2.44. The number of furan rings is 1. The van der Waals surface area contributed by atoms with Crippen molar-refractivity contribution in [1.29, 1.82) is 5.26 Å². The Hall–Kier alpha value is -2.28. The molecule has 2 rings (SSSR count). The smallest absolute Gasteiger partial charge is 0.288 e. The van der Waals surface area contributed by atoms with E-state index >= 15 is 0 Å². The predicted octanol–water partition coefficient (Wildman–Crippen LogP) is 3.16. The van der Waals surface area contributed by atoms with Gasteiger partial charge in [-0.1, -0.05) is 18.6 Å². The first-order chi connectivity index (χ1) is 8.97. The Morgan fingerprint density at radius 2 is 2.21 bits per heavy atom. The molecule has 0 saturated heterocycles. The van der Waals surface area contributed by atoms with Gasteiger partial charge in [-0.2, -0.15) is 5.26 Å². The van der Waals surface area contributed by atoms with E-state index in [0.29, 0.717) is 12.0 Å². The standard InChI is InChI=1S/C15H16N2O2/c1-4-15(3,9-16)17-14(18)13-8-11-7-10(2)5-6-12(11)19-13/h5-8H,4H2,1-3H3,(H,17,18). The van der Waals surface area contributed by atoms with Crippen molar-refractivity contribution in [2.75, 3.05) is 0 Å². The molecule has 0 fully saturated rings. The maximum absolute atomic E-state index is 12.1. The van der Waals surface area contributed by atoms with Crippen molar-refractivity contribution in [2.24, 2.45) is 0 Å². The van der Waals surface area contributed by atoms with Gasteiger partial charge in [0, 0.05) is 5.39 Å². The van der Waals surface area contributed by atoms with E-state index in [1.54, 1.807) is 13.0 Å². The Morgan fingerprint density at radius 1 is 1.47 bits per heavy atom. The fourth-order valence-electron chi connectivity index (χ4n) is 1.78. The van der Waals surface area contributed by atoms with Gasteiger partial charge in [0.1, 0.15) is 11.1 Å². The Morgan fingerprint density at radius 3 is 2.84 bits per heavy atom. The number of benzene rings is 1. The third-order valence-corrected chi connectivity index (χ3v) is 3.24. The van der Waals surface area contributed by atoms with E-state index in [4.69, 9.17) is 9.68 Å². The topological polar surface area (TPSA) is 66.0 Å². The van der Waals surface area contributed by atoms with Gasteiger partial charge in [-0.15, -0.1) is 0 Å². The molecule has 4 heteroatoms. The molecule has 1 heterocycles. The monoisotopic (exact) mass is 256 g/mol. The molecule has 1 unspecified atom stereocenters. The van der Waals surface area contributed by atoms with Crippen LogP contribution in [0.25, 0.3) is 11.0 Å². The van der Waals surface area contributed by atoms with Crippen LogP contribution >= 0.6 is 0 Å². The van der Waals surface area contributed by atoms with Crippen molar-refractivity contribution in [3.63, 3.8) is 0 Å². The molecule has 98 valence electrons. The zero-order valence-electron chi connectivity index (χ0n) is 11.3. The summed E-state index contributed by atoms with van der Waals surface area (Å²) < 4.78 is 5.50. The Kier molecular flexibility index (Phi) is 3.30. The Labute approximate surface area is 112 Å². The molecule has 0 aliphatic heterocycles.